The van der Waals surface area contributed by atoms with Crippen molar-refractivity contribution in [2.45, 2.75) is 6.92 Å². The lowest BCUT2D eigenvalue weighted by molar-refractivity contribution is 0.0398. The fourth-order valence-corrected chi connectivity index (χ4v) is 3.17. The number of aryl methyl sites for hydroxylation is 1. The van der Waals surface area contributed by atoms with Crippen LogP contribution in [-0.2, 0) is 4.74 Å². The monoisotopic (exact) mass is 337 g/mol. The van der Waals surface area contributed by atoms with Crippen LogP contribution in [0.5, 0.6) is 0 Å². The maximum Gasteiger partial charge on any atom is 0.156 e. The lowest BCUT2D eigenvalue weighted by Gasteiger charge is -2.26. The van der Waals surface area contributed by atoms with Crippen LogP contribution in [-0.4, -0.2) is 59.2 Å². The summed E-state index contributed by atoms with van der Waals surface area (Å²) in [5, 5.41) is 3.46. The molecule has 130 valence electrons. The number of benzene rings is 1. The molecule has 0 bridgehead atoms. The quantitative estimate of drug-likeness (QED) is 0.749. The van der Waals surface area contributed by atoms with Crippen molar-refractivity contribution in [1.82, 2.24) is 19.9 Å². The van der Waals surface area contributed by atoms with E-state index in [-0.39, 0.29) is 0 Å². The number of anilines is 1. The molecule has 0 radical (unpaired) electrons. The van der Waals surface area contributed by atoms with Crippen molar-refractivity contribution in [3.8, 4) is 22.6 Å². The molecule has 1 aromatic carbocycles. The summed E-state index contributed by atoms with van der Waals surface area (Å²) in [4.78, 5) is 15.1. The zero-order valence-corrected chi connectivity index (χ0v) is 14.5. The average molecular weight is 337 g/mol. The first-order valence-corrected chi connectivity index (χ1v) is 8.76. The molecular weight excluding hydrogens is 314 g/mol. The Kier molecular flexibility index (Phi) is 4.63. The maximum absolute atomic E-state index is 5.39. The van der Waals surface area contributed by atoms with Crippen molar-refractivity contribution in [1.29, 1.82) is 0 Å². The molecule has 0 spiro atoms. The molecule has 0 aliphatic carbocycles. The third-order valence-electron chi connectivity index (χ3n) is 4.48. The second kappa shape index (κ2) is 7.21. The van der Waals surface area contributed by atoms with E-state index in [2.05, 4.69) is 38.4 Å². The van der Waals surface area contributed by atoms with Gasteiger partial charge < -0.3 is 15.0 Å². The van der Waals surface area contributed by atoms with E-state index in [1.165, 1.54) is 0 Å². The van der Waals surface area contributed by atoms with Crippen LogP contribution in [0.3, 0.4) is 0 Å². The lowest BCUT2D eigenvalue weighted by Crippen LogP contribution is -2.39. The summed E-state index contributed by atoms with van der Waals surface area (Å²) in [6.45, 7) is 7.45. The lowest BCUT2D eigenvalue weighted by atomic mass is 10.1. The molecule has 1 fully saturated rings. The van der Waals surface area contributed by atoms with Gasteiger partial charge in [-0.15, -0.1) is 0 Å². The number of aromatic nitrogens is 3. The molecule has 25 heavy (non-hydrogen) atoms. The number of nitrogens with zero attached hydrogens (tertiary/aromatic N) is 3. The highest BCUT2D eigenvalue weighted by Gasteiger charge is 2.17. The van der Waals surface area contributed by atoms with Crippen LogP contribution in [0.1, 0.15) is 5.82 Å². The normalized spacial score (nSPS) is 15.6. The Bertz CT molecular complexity index is 795. The Morgan fingerprint density at radius 1 is 1.16 bits per heavy atom. The van der Waals surface area contributed by atoms with Crippen LogP contribution >= 0.6 is 0 Å². The minimum atomic E-state index is 0.826. The second-order valence-electron chi connectivity index (χ2n) is 6.32. The summed E-state index contributed by atoms with van der Waals surface area (Å²) in [5.41, 5.74) is 3.99. The predicted molar refractivity (Wildman–Crippen MR) is 98.9 cm³/mol. The average Bonchev–Trinajstić information content (AvgIpc) is 3.07. The third-order valence-corrected chi connectivity index (χ3v) is 4.48. The first-order valence-electron chi connectivity index (χ1n) is 8.76. The van der Waals surface area contributed by atoms with E-state index in [0.717, 1.165) is 73.7 Å². The minimum absolute atomic E-state index is 0.826. The molecule has 1 saturated heterocycles. The van der Waals surface area contributed by atoms with E-state index >= 15 is 0 Å². The van der Waals surface area contributed by atoms with Crippen molar-refractivity contribution < 1.29 is 4.74 Å². The second-order valence-corrected chi connectivity index (χ2v) is 6.32. The maximum atomic E-state index is 5.39. The number of fused-ring (bicyclic) bond motifs is 1. The number of morpholine rings is 1. The molecule has 0 atom stereocenters. The summed E-state index contributed by atoms with van der Waals surface area (Å²) >= 11 is 0. The van der Waals surface area contributed by atoms with Crippen LogP contribution < -0.4 is 5.32 Å². The smallest absolute Gasteiger partial charge is 0.156 e. The topological polar surface area (TPSA) is 66.1 Å². The van der Waals surface area contributed by atoms with Gasteiger partial charge in [-0.25, -0.2) is 9.97 Å². The van der Waals surface area contributed by atoms with Gasteiger partial charge in [-0.2, -0.15) is 0 Å². The zero-order chi connectivity index (χ0) is 17.1. The first kappa shape index (κ1) is 16.1. The predicted octanol–water partition coefficient (Wildman–Crippen LogP) is 2.63. The fourth-order valence-electron chi connectivity index (χ4n) is 3.17. The number of aromatic amines is 1. The van der Waals surface area contributed by atoms with Gasteiger partial charge in [0.1, 0.15) is 11.5 Å². The molecule has 0 aromatic heterocycles. The van der Waals surface area contributed by atoms with E-state index in [0.29, 0.717) is 0 Å². The van der Waals surface area contributed by atoms with Crippen molar-refractivity contribution in [3.05, 3.63) is 42.2 Å². The molecule has 0 unspecified atom stereocenters. The molecule has 0 amide bonds. The minimum Gasteiger partial charge on any atom is -0.379 e. The van der Waals surface area contributed by atoms with Gasteiger partial charge in [0.15, 0.2) is 5.82 Å². The van der Waals surface area contributed by atoms with Crippen LogP contribution in [0.2, 0.25) is 0 Å². The molecule has 3 aliphatic rings. The molecular formula is C19H23N5O. The van der Waals surface area contributed by atoms with Crippen LogP contribution in [0.4, 0.5) is 5.82 Å². The van der Waals surface area contributed by atoms with Gasteiger partial charge in [0.2, 0.25) is 0 Å². The Morgan fingerprint density at radius 2 is 1.96 bits per heavy atom. The van der Waals surface area contributed by atoms with Gasteiger partial charge in [-0.05, 0) is 13.0 Å². The number of ether oxygens (including phenoxy) is 1. The summed E-state index contributed by atoms with van der Waals surface area (Å²) in [7, 11) is 0. The van der Waals surface area contributed by atoms with Crippen LogP contribution in [0.15, 0.2) is 36.4 Å². The van der Waals surface area contributed by atoms with Crippen LogP contribution in [0.25, 0.3) is 22.6 Å². The van der Waals surface area contributed by atoms with Crippen molar-refractivity contribution in [2.75, 3.05) is 44.7 Å². The first-order chi connectivity index (χ1) is 12.3. The van der Waals surface area contributed by atoms with E-state index in [1.54, 1.807) is 0 Å². The number of H-pyrrole nitrogens is 1. The summed E-state index contributed by atoms with van der Waals surface area (Å²) in [5.74, 6) is 1.73. The number of hydrogen-bond donors (Lipinski definition) is 2. The summed E-state index contributed by atoms with van der Waals surface area (Å²) < 4.78 is 5.39. The molecule has 0 saturated carbocycles. The van der Waals surface area contributed by atoms with Gasteiger partial charge in [-0.3, -0.25) is 4.90 Å². The molecule has 6 heteroatoms. The number of nitrogens with one attached hydrogen (secondary N) is 2. The molecule has 3 aliphatic heterocycles. The van der Waals surface area contributed by atoms with Gasteiger partial charge in [-0.1, -0.05) is 30.3 Å². The van der Waals surface area contributed by atoms with Crippen molar-refractivity contribution in [2.24, 2.45) is 0 Å². The molecule has 4 rings (SSSR count). The van der Waals surface area contributed by atoms with Gasteiger partial charge in [0.25, 0.3) is 0 Å². The third kappa shape index (κ3) is 3.65. The number of hydrogen-bond acceptors (Lipinski definition) is 5. The highest BCUT2D eigenvalue weighted by molar-refractivity contribution is 5.77. The van der Waals surface area contributed by atoms with E-state index in [9.17, 15) is 0 Å². The fraction of sp³-hybridized carbons (Fsp3) is 0.368. The highest BCUT2D eigenvalue weighted by Crippen LogP contribution is 2.31. The summed E-state index contributed by atoms with van der Waals surface area (Å²) in [6.07, 6.45) is 0. The van der Waals surface area contributed by atoms with Gasteiger partial charge >= 0.3 is 0 Å². The van der Waals surface area contributed by atoms with Gasteiger partial charge in [0.05, 0.1) is 24.6 Å². The number of rotatable bonds is 5. The highest BCUT2D eigenvalue weighted by atomic mass is 16.5. The van der Waals surface area contributed by atoms with Gasteiger partial charge in [0, 0.05) is 31.7 Å². The molecule has 2 N–H and O–H groups in total. The van der Waals surface area contributed by atoms with E-state index < -0.39 is 0 Å². The van der Waals surface area contributed by atoms with Crippen LogP contribution in [0, 0.1) is 6.92 Å². The SMILES string of the molecule is Cc1nc(NCCN2CCOCC2)c2nc(-c3ccccc3)cc-2[nH]1. The Balaban J connectivity index is 1.53. The Labute approximate surface area is 147 Å². The van der Waals surface area contributed by atoms with E-state index in [1.807, 2.05) is 25.1 Å². The molecule has 6 nitrogen and oxygen atoms in total. The Hall–Kier alpha value is -2.44. The largest absolute Gasteiger partial charge is 0.379 e. The van der Waals surface area contributed by atoms with Crippen molar-refractivity contribution >= 4 is 5.82 Å². The van der Waals surface area contributed by atoms with E-state index in [4.69, 9.17) is 9.72 Å². The zero-order valence-electron chi connectivity index (χ0n) is 14.5. The summed E-state index contributed by atoms with van der Waals surface area (Å²) in [6, 6.07) is 12.3. The molecule has 3 heterocycles. The standard InChI is InChI=1S/C19H23N5O/c1-14-21-17-13-16(15-5-3-2-4-6-15)23-18(17)19(22-14)20-7-8-24-9-11-25-12-10-24/h2-6,13,20H,7-12H2,1H3,(H,21,22). The molecule has 1 aromatic rings. The van der Waals surface area contributed by atoms with Crippen molar-refractivity contribution in [3.63, 3.8) is 0 Å². The Morgan fingerprint density at radius 3 is 2.76 bits per heavy atom.